The first kappa shape index (κ1) is 92.1. The molecular formula is C75H146O17P2. The molecule has 0 spiro atoms. The van der Waals surface area contributed by atoms with Crippen molar-refractivity contribution >= 4 is 39.5 Å². The van der Waals surface area contributed by atoms with Gasteiger partial charge in [0.05, 0.1) is 26.4 Å². The molecule has 0 heterocycles. The topological polar surface area (TPSA) is 237 Å². The summed E-state index contributed by atoms with van der Waals surface area (Å²) in [5, 5.41) is 10.6. The third kappa shape index (κ3) is 68.6. The molecule has 0 bridgehead atoms. The minimum absolute atomic E-state index is 0.104. The van der Waals surface area contributed by atoms with Gasteiger partial charge in [0.25, 0.3) is 0 Å². The van der Waals surface area contributed by atoms with Gasteiger partial charge in [0, 0.05) is 25.7 Å². The first-order valence-electron chi connectivity index (χ1n) is 38.7. The Morgan fingerprint density at radius 1 is 0.266 bits per heavy atom. The van der Waals surface area contributed by atoms with Gasteiger partial charge in [0.1, 0.15) is 19.3 Å². The summed E-state index contributed by atoms with van der Waals surface area (Å²) in [6.07, 6.45) is 48.6. The highest BCUT2D eigenvalue weighted by Gasteiger charge is 2.30. The molecule has 0 radical (unpaired) electrons. The van der Waals surface area contributed by atoms with Crippen molar-refractivity contribution in [2.75, 3.05) is 39.6 Å². The third-order valence-corrected chi connectivity index (χ3v) is 19.2. The number of ether oxygens (including phenoxy) is 4. The Bertz CT molecular complexity index is 1850. The molecule has 0 saturated heterocycles. The van der Waals surface area contributed by atoms with Crippen molar-refractivity contribution in [3.05, 3.63) is 0 Å². The third-order valence-electron chi connectivity index (χ3n) is 17.3. The average Bonchev–Trinajstić information content (AvgIpc) is 2.03. The summed E-state index contributed by atoms with van der Waals surface area (Å²) in [5.74, 6) is 0.901. The molecule has 0 saturated carbocycles. The molecular weight excluding hydrogens is 1230 g/mol. The van der Waals surface area contributed by atoms with E-state index in [-0.39, 0.29) is 25.7 Å². The maximum atomic E-state index is 13.1. The first-order chi connectivity index (χ1) is 45.1. The fourth-order valence-corrected chi connectivity index (χ4v) is 13.0. The molecule has 3 N–H and O–H groups in total. The number of hydrogen-bond donors (Lipinski definition) is 3. The van der Waals surface area contributed by atoms with Gasteiger partial charge in [-0.3, -0.25) is 37.3 Å². The van der Waals surface area contributed by atoms with E-state index in [1.165, 1.54) is 180 Å². The molecule has 0 aromatic rings. The molecule has 558 valence electrons. The molecule has 19 heteroatoms. The molecule has 5 atom stereocenters. The van der Waals surface area contributed by atoms with Gasteiger partial charge in [0.15, 0.2) is 12.2 Å². The van der Waals surface area contributed by atoms with Crippen LogP contribution in [-0.2, 0) is 65.4 Å². The van der Waals surface area contributed by atoms with Crippen molar-refractivity contribution < 1.29 is 80.2 Å². The number of unbranched alkanes of at least 4 members (excludes halogenated alkanes) is 38. The number of carbonyl (C=O) groups excluding carboxylic acids is 4. The molecule has 94 heavy (non-hydrogen) atoms. The normalized spacial score (nSPS) is 14.2. The van der Waals surface area contributed by atoms with E-state index in [2.05, 4.69) is 55.4 Å². The van der Waals surface area contributed by atoms with E-state index >= 15 is 0 Å². The fraction of sp³-hybridized carbons (Fsp3) is 0.947. The Labute approximate surface area is 575 Å². The summed E-state index contributed by atoms with van der Waals surface area (Å²) in [7, 11) is -9.91. The average molecular weight is 1380 g/mol. The Morgan fingerprint density at radius 3 is 0.660 bits per heavy atom. The van der Waals surface area contributed by atoms with Gasteiger partial charge >= 0.3 is 39.5 Å². The number of hydrogen-bond acceptors (Lipinski definition) is 15. The summed E-state index contributed by atoms with van der Waals surface area (Å²) < 4.78 is 68.5. The van der Waals surface area contributed by atoms with Crippen molar-refractivity contribution in [1.82, 2.24) is 0 Å². The van der Waals surface area contributed by atoms with Crippen LogP contribution in [0, 0.1) is 23.7 Å². The van der Waals surface area contributed by atoms with Gasteiger partial charge in [-0.05, 0) is 49.4 Å². The van der Waals surface area contributed by atoms with Crippen LogP contribution in [0.3, 0.4) is 0 Å². The maximum Gasteiger partial charge on any atom is 0.472 e. The molecule has 0 aliphatic rings. The van der Waals surface area contributed by atoms with Crippen molar-refractivity contribution in [2.45, 2.75) is 395 Å². The largest absolute Gasteiger partial charge is 0.472 e. The van der Waals surface area contributed by atoms with Crippen molar-refractivity contribution in [1.29, 1.82) is 0 Å². The Hall–Kier alpha value is -1.94. The van der Waals surface area contributed by atoms with Crippen LogP contribution >= 0.6 is 15.6 Å². The Balaban J connectivity index is 5.25. The highest BCUT2D eigenvalue weighted by atomic mass is 31.2. The van der Waals surface area contributed by atoms with Crippen LogP contribution in [0.2, 0.25) is 0 Å². The van der Waals surface area contributed by atoms with E-state index < -0.39 is 97.5 Å². The van der Waals surface area contributed by atoms with Gasteiger partial charge in [-0.15, -0.1) is 0 Å². The fourth-order valence-electron chi connectivity index (χ4n) is 11.4. The second kappa shape index (κ2) is 64.4. The predicted octanol–water partition coefficient (Wildman–Crippen LogP) is 21.7. The molecule has 0 rings (SSSR count). The van der Waals surface area contributed by atoms with Gasteiger partial charge in [0.2, 0.25) is 0 Å². The summed E-state index contributed by atoms with van der Waals surface area (Å²) in [6.45, 7) is 14.2. The smallest absolute Gasteiger partial charge is 0.462 e. The molecule has 0 fully saturated rings. The standard InChI is InChI=1S/C75H146O17P2/c1-65(2)51-43-35-27-19-14-12-10-9-11-13-15-23-33-41-49-57-74(79)91-70(61-85-72(77)55-47-39-31-22-17-16-20-28-36-44-52-66(3)4)63-89-93(81,82)87-59-69(76)60-88-94(83,84)90-64-71(62-86-73(78)56-48-40-32-26-25-30-38-46-54-68(7)8)92-75(80)58-50-42-34-24-18-21-29-37-45-53-67(5)6/h65-71,76H,9-64H2,1-8H3,(H,81,82)(H,83,84)/t69?,70-,71-/m1/s1. The summed E-state index contributed by atoms with van der Waals surface area (Å²) >= 11 is 0. The van der Waals surface area contributed by atoms with Crippen molar-refractivity contribution in [2.24, 2.45) is 23.7 Å². The monoisotopic (exact) mass is 1380 g/mol. The Kier molecular flexibility index (Phi) is 63.1. The van der Waals surface area contributed by atoms with E-state index in [4.69, 9.17) is 37.0 Å². The lowest BCUT2D eigenvalue weighted by Gasteiger charge is -2.21. The van der Waals surface area contributed by atoms with E-state index in [9.17, 15) is 43.2 Å². The minimum Gasteiger partial charge on any atom is -0.462 e. The van der Waals surface area contributed by atoms with Crippen LogP contribution in [-0.4, -0.2) is 96.7 Å². The quantitative estimate of drug-likeness (QED) is 0.0222. The van der Waals surface area contributed by atoms with Crippen LogP contribution in [0.15, 0.2) is 0 Å². The number of phosphoric acid groups is 2. The molecule has 0 aliphatic carbocycles. The number of aliphatic hydroxyl groups is 1. The summed E-state index contributed by atoms with van der Waals surface area (Å²) in [4.78, 5) is 72.8. The van der Waals surface area contributed by atoms with Gasteiger partial charge in [-0.25, -0.2) is 9.13 Å². The highest BCUT2D eigenvalue weighted by molar-refractivity contribution is 7.47. The zero-order chi connectivity index (χ0) is 69.6. The molecule has 0 aromatic carbocycles. The maximum absolute atomic E-state index is 13.1. The van der Waals surface area contributed by atoms with E-state index in [1.807, 2.05) is 0 Å². The lowest BCUT2D eigenvalue weighted by Crippen LogP contribution is -2.30. The highest BCUT2D eigenvalue weighted by Crippen LogP contribution is 2.45. The number of phosphoric ester groups is 2. The van der Waals surface area contributed by atoms with Gasteiger partial charge in [-0.2, -0.15) is 0 Å². The molecule has 0 amide bonds. The van der Waals surface area contributed by atoms with E-state index in [1.54, 1.807) is 0 Å². The number of esters is 4. The second-order valence-corrected chi connectivity index (χ2v) is 31.9. The summed E-state index contributed by atoms with van der Waals surface area (Å²) in [5.41, 5.74) is 0. The Morgan fingerprint density at radius 2 is 0.447 bits per heavy atom. The lowest BCUT2D eigenvalue weighted by atomic mass is 10.0. The number of aliphatic hydroxyl groups excluding tert-OH is 1. The van der Waals surface area contributed by atoms with E-state index in [0.717, 1.165) is 114 Å². The van der Waals surface area contributed by atoms with Gasteiger partial charge < -0.3 is 33.8 Å². The van der Waals surface area contributed by atoms with Crippen LogP contribution in [0.5, 0.6) is 0 Å². The van der Waals surface area contributed by atoms with E-state index in [0.29, 0.717) is 25.7 Å². The predicted molar refractivity (Wildman–Crippen MR) is 381 cm³/mol. The molecule has 0 aliphatic heterocycles. The van der Waals surface area contributed by atoms with Crippen molar-refractivity contribution in [3.63, 3.8) is 0 Å². The first-order valence-corrected chi connectivity index (χ1v) is 41.7. The number of rotatable bonds is 72. The van der Waals surface area contributed by atoms with Crippen LogP contribution < -0.4 is 0 Å². The van der Waals surface area contributed by atoms with Gasteiger partial charge in [-0.1, -0.05) is 325 Å². The SMILES string of the molecule is CC(C)CCCCCCCCCCCCCCCCCC(=O)O[C@H](COC(=O)CCCCCCCCCCCCC(C)C)COP(=O)(O)OCC(O)COP(=O)(O)OC[C@@H](COC(=O)CCCCCCCCCCC(C)C)OC(=O)CCCCCCCCCCCC(C)C. The zero-order valence-corrected chi connectivity index (χ0v) is 63.4. The van der Waals surface area contributed by atoms with Crippen LogP contribution in [0.4, 0.5) is 0 Å². The zero-order valence-electron chi connectivity index (χ0n) is 61.6. The number of carbonyl (C=O) groups is 4. The minimum atomic E-state index is -4.96. The molecule has 0 aromatic heterocycles. The molecule has 3 unspecified atom stereocenters. The van der Waals surface area contributed by atoms with Crippen molar-refractivity contribution in [3.8, 4) is 0 Å². The van der Waals surface area contributed by atoms with Crippen LogP contribution in [0.1, 0.15) is 376 Å². The lowest BCUT2D eigenvalue weighted by molar-refractivity contribution is -0.161. The second-order valence-electron chi connectivity index (χ2n) is 28.9. The summed E-state index contributed by atoms with van der Waals surface area (Å²) in [6, 6.07) is 0. The molecule has 17 nitrogen and oxygen atoms in total. The van der Waals surface area contributed by atoms with Crippen LogP contribution in [0.25, 0.3) is 0 Å².